The highest BCUT2D eigenvalue weighted by Gasteiger charge is 2.32. The summed E-state index contributed by atoms with van der Waals surface area (Å²) in [6.07, 6.45) is 0. The molecule has 1 atom stereocenters. The molecule has 0 radical (unpaired) electrons. The molecular weight excluding hydrogens is 406 g/mol. The minimum atomic E-state index is -3.08. The van der Waals surface area contributed by atoms with E-state index in [9.17, 15) is 18.0 Å². The summed E-state index contributed by atoms with van der Waals surface area (Å²) in [5.74, 6) is -0.0472. The largest absolute Gasteiger partial charge is 0.495 e. The number of methoxy groups -OCH3 is 1. The fourth-order valence-corrected chi connectivity index (χ4v) is 4.67. The van der Waals surface area contributed by atoms with Gasteiger partial charge in [0.1, 0.15) is 11.8 Å². The van der Waals surface area contributed by atoms with Crippen LogP contribution in [0.4, 0.5) is 11.4 Å². The molecule has 1 heterocycles. The van der Waals surface area contributed by atoms with Gasteiger partial charge in [-0.1, -0.05) is 30.3 Å². The fourth-order valence-electron chi connectivity index (χ4n) is 3.44. The predicted molar refractivity (Wildman–Crippen MR) is 115 cm³/mol. The Labute approximate surface area is 176 Å². The summed E-state index contributed by atoms with van der Waals surface area (Å²) < 4.78 is 29.0. The second-order valence-electron chi connectivity index (χ2n) is 7.09. The molecule has 1 fully saturated rings. The maximum absolute atomic E-state index is 13.3. The molecule has 30 heavy (non-hydrogen) atoms. The molecule has 2 aromatic carbocycles. The van der Waals surface area contributed by atoms with Crippen molar-refractivity contribution in [2.75, 3.05) is 42.3 Å². The van der Waals surface area contributed by atoms with Gasteiger partial charge in [0.15, 0.2) is 9.84 Å². The highest BCUT2D eigenvalue weighted by molar-refractivity contribution is 7.91. The molecule has 2 N–H and O–H groups in total. The van der Waals surface area contributed by atoms with Gasteiger partial charge >= 0.3 is 0 Å². The Morgan fingerprint density at radius 3 is 2.30 bits per heavy atom. The van der Waals surface area contributed by atoms with Gasteiger partial charge in [-0.05, 0) is 23.8 Å². The monoisotopic (exact) mass is 431 g/mol. The Hall–Kier alpha value is -2.91. The fraction of sp³-hybridized carbons (Fsp3) is 0.333. The third kappa shape index (κ3) is 5.37. The van der Waals surface area contributed by atoms with Crippen LogP contribution in [0.2, 0.25) is 0 Å². The summed E-state index contributed by atoms with van der Waals surface area (Å²) >= 11 is 0. The van der Waals surface area contributed by atoms with Crippen LogP contribution in [0.5, 0.6) is 5.75 Å². The van der Waals surface area contributed by atoms with E-state index >= 15 is 0 Å². The lowest BCUT2D eigenvalue weighted by molar-refractivity contribution is -0.121. The number of amides is 2. The number of hydrogen-bond donors (Lipinski definition) is 2. The first kappa shape index (κ1) is 21.8. The first-order valence-corrected chi connectivity index (χ1v) is 11.4. The average Bonchev–Trinajstić information content (AvgIpc) is 2.70. The van der Waals surface area contributed by atoms with Gasteiger partial charge in [-0.25, -0.2) is 8.42 Å². The first-order valence-electron chi connectivity index (χ1n) is 9.55. The second kappa shape index (κ2) is 9.27. The number of rotatable bonds is 6. The van der Waals surface area contributed by atoms with Crippen molar-refractivity contribution >= 4 is 33.0 Å². The number of carbonyl (C=O) groups excluding carboxylic acids is 2. The van der Waals surface area contributed by atoms with Crippen LogP contribution < -0.4 is 15.4 Å². The van der Waals surface area contributed by atoms with Crippen LogP contribution in [-0.2, 0) is 19.4 Å². The number of sulfone groups is 1. The smallest absolute Gasteiger partial charge is 0.246 e. The molecular formula is C21H25N3O5S. The van der Waals surface area contributed by atoms with Crippen LogP contribution in [-0.4, -0.2) is 56.8 Å². The molecule has 1 aliphatic heterocycles. The third-order valence-corrected chi connectivity index (χ3v) is 6.49. The zero-order chi connectivity index (χ0) is 21.7. The number of carbonyl (C=O) groups is 2. The van der Waals surface area contributed by atoms with Gasteiger partial charge < -0.3 is 15.4 Å². The Morgan fingerprint density at radius 1 is 1.03 bits per heavy atom. The summed E-state index contributed by atoms with van der Waals surface area (Å²) in [4.78, 5) is 26.6. The molecule has 0 saturated carbocycles. The lowest BCUT2D eigenvalue weighted by Gasteiger charge is -2.33. The number of benzene rings is 2. The van der Waals surface area contributed by atoms with Gasteiger partial charge in [0.05, 0.1) is 24.3 Å². The molecule has 0 bridgehead atoms. The molecule has 2 amide bonds. The van der Waals surface area contributed by atoms with Crippen molar-refractivity contribution in [3.05, 3.63) is 54.1 Å². The van der Waals surface area contributed by atoms with E-state index < -0.39 is 15.9 Å². The lowest BCUT2D eigenvalue weighted by Crippen LogP contribution is -2.46. The Kier molecular flexibility index (Phi) is 6.73. The molecule has 1 aliphatic rings. The second-order valence-corrected chi connectivity index (χ2v) is 9.39. The molecule has 9 heteroatoms. The van der Waals surface area contributed by atoms with E-state index in [1.807, 2.05) is 35.2 Å². The Morgan fingerprint density at radius 2 is 1.70 bits per heavy atom. The van der Waals surface area contributed by atoms with Crippen molar-refractivity contribution in [3.8, 4) is 5.75 Å². The lowest BCUT2D eigenvalue weighted by atomic mass is 10.0. The highest BCUT2D eigenvalue weighted by atomic mass is 32.2. The maximum Gasteiger partial charge on any atom is 0.246 e. The van der Waals surface area contributed by atoms with E-state index in [4.69, 9.17) is 4.74 Å². The zero-order valence-corrected chi connectivity index (χ0v) is 17.7. The van der Waals surface area contributed by atoms with Crippen LogP contribution in [0.15, 0.2) is 48.5 Å². The van der Waals surface area contributed by atoms with Crippen molar-refractivity contribution in [2.24, 2.45) is 0 Å². The molecule has 1 unspecified atom stereocenters. The van der Waals surface area contributed by atoms with Gasteiger partial charge in [-0.3, -0.25) is 14.5 Å². The van der Waals surface area contributed by atoms with Gasteiger partial charge in [0, 0.05) is 25.7 Å². The predicted octanol–water partition coefficient (Wildman–Crippen LogP) is 2.06. The SMILES string of the molecule is COc1ccc(NC(C)=O)cc1NC(=O)C(c1ccccc1)N1CCS(=O)(=O)CC1. The number of hydrogen-bond acceptors (Lipinski definition) is 6. The van der Waals surface area contributed by atoms with Gasteiger partial charge in [0.25, 0.3) is 0 Å². The molecule has 160 valence electrons. The third-order valence-electron chi connectivity index (χ3n) is 4.89. The van der Waals surface area contributed by atoms with E-state index in [-0.39, 0.29) is 36.4 Å². The quantitative estimate of drug-likeness (QED) is 0.726. The van der Waals surface area contributed by atoms with E-state index in [0.29, 0.717) is 17.1 Å². The molecule has 0 aromatic heterocycles. The maximum atomic E-state index is 13.3. The molecule has 8 nitrogen and oxygen atoms in total. The van der Waals surface area contributed by atoms with Crippen molar-refractivity contribution in [2.45, 2.75) is 13.0 Å². The normalized spacial score (nSPS) is 17.0. The number of ether oxygens (including phenoxy) is 1. The minimum Gasteiger partial charge on any atom is -0.495 e. The summed E-state index contributed by atoms with van der Waals surface area (Å²) in [6.45, 7) is 1.95. The van der Waals surface area contributed by atoms with E-state index in [1.165, 1.54) is 14.0 Å². The Balaban J connectivity index is 1.89. The number of nitrogens with one attached hydrogen (secondary N) is 2. The van der Waals surface area contributed by atoms with Crippen LogP contribution in [0, 0.1) is 0 Å². The van der Waals surface area contributed by atoms with Crippen molar-refractivity contribution in [1.82, 2.24) is 4.90 Å². The van der Waals surface area contributed by atoms with Crippen molar-refractivity contribution < 1.29 is 22.7 Å². The van der Waals surface area contributed by atoms with Crippen LogP contribution in [0.3, 0.4) is 0 Å². The van der Waals surface area contributed by atoms with E-state index in [2.05, 4.69) is 10.6 Å². The molecule has 0 aliphatic carbocycles. The van der Waals surface area contributed by atoms with Gasteiger partial charge in [-0.2, -0.15) is 0 Å². The molecule has 0 spiro atoms. The van der Waals surface area contributed by atoms with Crippen molar-refractivity contribution in [1.29, 1.82) is 0 Å². The number of nitrogens with zero attached hydrogens (tertiary/aromatic N) is 1. The van der Waals surface area contributed by atoms with Crippen molar-refractivity contribution in [3.63, 3.8) is 0 Å². The summed E-state index contributed by atoms with van der Waals surface area (Å²) in [5.41, 5.74) is 1.71. The standard InChI is InChI=1S/C21H25N3O5S/c1-15(25)22-17-8-9-19(29-2)18(14-17)23-21(26)20(16-6-4-3-5-7-16)24-10-12-30(27,28)13-11-24/h3-9,14,20H,10-13H2,1-2H3,(H,22,25)(H,23,26). The Bertz CT molecular complexity index is 1010. The molecule has 1 saturated heterocycles. The summed E-state index contributed by atoms with van der Waals surface area (Å²) in [6, 6.07) is 13.5. The summed E-state index contributed by atoms with van der Waals surface area (Å²) in [5, 5.41) is 5.57. The highest BCUT2D eigenvalue weighted by Crippen LogP contribution is 2.31. The molecule has 2 aromatic rings. The minimum absolute atomic E-state index is 0.0188. The van der Waals surface area contributed by atoms with E-state index in [1.54, 1.807) is 18.2 Å². The first-order chi connectivity index (χ1) is 14.3. The summed E-state index contributed by atoms with van der Waals surface area (Å²) in [7, 11) is -1.58. The van der Waals surface area contributed by atoms with Crippen LogP contribution >= 0.6 is 0 Å². The molecule has 3 rings (SSSR count). The average molecular weight is 432 g/mol. The van der Waals surface area contributed by atoms with E-state index in [0.717, 1.165) is 5.56 Å². The van der Waals surface area contributed by atoms with Gasteiger partial charge in [-0.15, -0.1) is 0 Å². The van der Waals surface area contributed by atoms with Crippen LogP contribution in [0.25, 0.3) is 0 Å². The van der Waals surface area contributed by atoms with Gasteiger partial charge in [0.2, 0.25) is 11.8 Å². The van der Waals surface area contributed by atoms with Crippen LogP contribution in [0.1, 0.15) is 18.5 Å². The number of anilines is 2. The topological polar surface area (TPSA) is 105 Å². The zero-order valence-electron chi connectivity index (χ0n) is 16.9.